The number of nitrogens with one attached hydrogen (secondary N) is 3. The number of rotatable bonds is 8. The lowest BCUT2D eigenvalue weighted by Gasteiger charge is -2.15. The van der Waals surface area contributed by atoms with Gasteiger partial charge < -0.3 is 20.5 Å². The van der Waals surface area contributed by atoms with Gasteiger partial charge in [0.1, 0.15) is 5.69 Å². The summed E-state index contributed by atoms with van der Waals surface area (Å²) in [7, 11) is 1.84. The fourth-order valence-corrected chi connectivity index (χ4v) is 4.67. The predicted molar refractivity (Wildman–Crippen MR) is 159 cm³/mol. The van der Waals surface area contributed by atoms with Gasteiger partial charge in [0.2, 0.25) is 5.91 Å². The van der Waals surface area contributed by atoms with Crippen molar-refractivity contribution >= 4 is 61.8 Å². The maximum atomic E-state index is 13.1. The van der Waals surface area contributed by atoms with Crippen LogP contribution in [-0.2, 0) is 18.4 Å². The number of hydrogen-bond donors (Lipinski definition) is 3. The van der Waals surface area contributed by atoms with E-state index >= 15 is 0 Å². The Morgan fingerprint density at radius 2 is 1.64 bits per heavy atom. The number of aryl methyl sites for hydroxylation is 1. The Morgan fingerprint density at radius 1 is 0.923 bits per heavy atom. The second-order valence-corrected chi connectivity index (χ2v) is 11.1. The molecule has 0 aliphatic rings. The maximum absolute atomic E-state index is 13.1. The Bertz CT molecular complexity index is 1550. The van der Waals surface area contributed by atoms with E-state index in [0.717, 1.165) is 26.5 Å². The van der Waals surface area contributed by atoms with E-state index in [9.17, 15) is 14.4 Å². The predicted octanol–water partition coefficient (Wildman–Crippen LogP) is 6.61. The summed E-state index contributed by atoms with van der Waals surface area (Å²) in [4.78, 5) is 38.1. The van der Waals surface area contributed by atoms with Crippen LogP contribution in [0, 0.1) is 5.92 Å². The second-order valence-electron chi connectivity index (χ2n) is 9.75. The lowest BCUT2D eigenvalue weighted by molar-refractivity contribution is -0.124. The first-order chi connectivity index (χ1) is 18.5. The highest BCUT2D eigenvalue weighted by Gasteiger charge is 2.18. The van der Waals surface area contributed by atoms with Gasteiger partial charge >= 0.3 is 0 Å². The van der Waals surface area contributed by atoms with E-state index in [1.807, 2.05) is 68.8 Å². The van der Waals surface area contributed by atoms with E-state index in [1.54, 1.807) is 30.3 Å². The number of anilines is 1. The molecule has 7 nitrogen and oxygen atoms in total. The fraction of sp³-hybridized carbons (Fsp3) is 0.233. The molecular weight excluding hydrogens is 580 g/mol. The van der Waals surface area contributed by atoms with E-state index in [0.29, 0.717) is 28.5 Å². The molecule has 0 bridgehead atoms. The van der Waals surface area contributed by atoms with Gasteiger partial charge in [0.05, 0.1) is 16.6 Å². The van der Waals surface area contributed by atoms with Crippen molar-refractivity contribution < 1.29 is 14.4 Å². The molecule has 0 fully saturated rings. The summed E-state index contributed by atoms with van der Waals surface area (Å²) in [6.07, 6.45) is 0. The number of halogens is 2. The Labute approximate surface area is 241 Å². The maximum Gasteiger partial charge on any atom is 0.268 e. The molecule has 1 atom stereocenters. The Balaban J connectivity index is 1.49. The van der Waals surface area contributed by atoms with Gasteiger partial charge in [-0.1, -0.05) is 59.6 Å². The molecule has 1 unspecified atom stereocenters. The molecular formula is C30H30BrClN4O3. The number of hydrogen-bond acceptors (Lipinski definition) is 3. The minimum atomic E-state index is -0.367. The summed E-state index contributed by atoms with van der Waals surface area (Å²) in [5.41, 5.74) is 4.02. The lowest BCUT2D eigenvalue weighted by atomic mass is 10.1. The van der Waals surface area contributed by atoms with Crippen molar-refractivity contribution in [1.82, 2.24) is 15.2 Å². The average Bonchev–Trinajstić information content (AvgIpc) is 3.23. The fourth-order valence-electron chi connectivity index (χ4n) is 4.20. The van der Waals surface area contributed by atoms with Gasteiger partial charge in [-0.25, -0.2) is 0 Å². The number of carbonyl (C=O) groups excluding carboxylic acids is 3. The molecule has 1 aromatic heterocycles. The third kappa shape index (κ3) is 6.69. The first kappa shape index (κ1) is 28.4. The highest BCUT2D eigenvalue weighted by Crippen LogP contribution is 2.25. The van der Waals surface area contributed by atoms with Crippen LogP contribution in [-0.4, -0.2) is 22.3 Å². The van der Waals surface area contributed by atoms with Crippen LogP contribution in [0.4, 0.5) is 5.69 Å². The van der Waals surface area contributed by atoms with E-state index in [4.69, 9.17) is 11.6 Å². The molecule has 202 valence electrons. The van der Waals surface area contributed by atoms with Crippen LogP contribution >= 0.6 is 27.5 Å². The molecule has 39 heavy (non-hydrogen) atoms. The average molecular weight is 610 g/mol. The van der Waals surface area contributed by atoms with Crippen LogP contribution in [0.3, 0.4) is 0 Å². The summed E-state index contributed by atoms with van der Waals surface area (Å²) in [6, 6.07) is 20.0. The van der Waals surface area contributed by atoms with Crippen LogP contribution in [0.5, 0.6) is 0 Å². The lowest BCUT2D eigenvalue weighted by Crippen LogP contribution is -2.28. The highest BCUT2D eigenvalue weighted by atomic mass is 79.9. The second kappa shape index (κ2) is 12.1. The van der Waals surface area contributed by atoms with Crippen molar-refractivity contribution in [2.75, 3.05) is 5.32 Å². The Morgan fingerprint density at radius 3 is 2.33 bits per heavy atom. The number of carbonyl (C=O) groups is 3. The molecule has 3 N–H and O–H groups in total. The first-order valence-electron chi connectivity index (χ1n) is 12.6. The summed E-state index contributed by atoms with van der Waals surface area (Å²) >= 11 is 9.75. The van der Waals surface area contributed by atoms with Gasteiger partial charge in [0.25, 0.3) is 11.8 Å². The van der Waals surface area contributed by atoms with Gasteiger partial charge in [-0.15, -0.1) is 0 Å². The van der Waals surface area contributed by atoms with E-state index < -0.39 is 0 Å². The zero-order chi connectivity index (χ0) is 28.3. The van der Waals surface area contributed by atoms with Crippen LogP contribution in [0.1, 0.15) is 58.8 Å². The van der Waals surface area contributed by atoms with Crippen molar-refractivity contribution in [1.29, 1.82) is 0 Å². The standard InChI is InChI=1S/C30H30BrClN4O3/c1-17(2)28(37)33-16-19-5-11-25(32)24(13-19)29(38)35-23-10-12-26-21(14-23)15-27(36(26)4)30(39)34-18(3)20-6-8-22(31)9-7-20/h5-15,17-18H,16H2,1-4H3,(H,33,37)(H,34,39)(H,35,38). The van der Waals surface area contributed by atoms with E-state index in [2.05, 4.69) is 31.9 Å². The smallest absolute Gasteiger partial charge is 0.268 e. The quantitative estimate of drug-likeness (QED) is 0.210. The third-order valence-corrected chi connectivity index (χ3v) is 7.38. The topological polar surface area (TPSA) is 92.2 Å². The molecule has 0 saturated heterocycles. The third-order valence-electron chi connectivity index (χ3n) is 6.52. The molecule has 4 rings (SSSR count). The summed E-state index contributed by atoms with van der Waals surface area (Å²) in [5.74, 6) is -0.756. The molecule has 0 radical (unpaired) electrons. The van der Waals surface area contributed by atoms with Gasteiger partial charge in [0.15, 0.2) is 0 Å². The van der Waals surface area contributed by atoms with Gasteiger partial charge in [-0.05, 0) is 66.6 Å². The molecule has 3 amide bonds. The van der Waals surface area contributed by atoms with Gasteiger partial charge in [-0.3, -0.25) is 14.4 Å². The molecule has 9 heteroatoms. The molecule has 0 saturated carbocycles. The number of amides is 3. The summed E-state index contributed by atoms with van der Waals surface area (Å²) < 4.78 is 2.81. The minimum Gasteiger partial charge on any atom is -0.352 e. The van der Waals surface area contributed by atoms with E-state index in [-0.39, 0.29) is 29.7 Å². The molecule has 0 aliphatic carbocycles. The van der Waals surface area contributed by atoms with Crippen molar-refractivity contribution in [3.8, 4) is 0 Å². The molecule has 0 spiro atoms. The normalized spacial score (nSPS) is 11.9. The number of benzene rings is 3. The minimum absolute atomic E-state index is 0.0667. The van der Waals surface area contributed by atoms with Crippen LogP contribution in [0.15, 0.2) is 71.2 Å². The number of nitrogens with zero attached hydrogens (tertiary/aromatic N) is 1. The van der Waals surface area contributed by atoms with Gasteiger partial charge in [-0.2, -0.15) is 0 Å². The van der Waals surface area contributed by atoms with Crippen molar-refractivity contribution in [2.45, 2.75) is 33.4 Å². The van der Waals surface area contributed by atoms with Crippen molar-refractivity contribution in [2.24, 2.45) is 13.0 Å². The zero-order valence-corrected chi connectivity index (χ0v) is 24.5. The van der Waals surface area contributed by atoms with Crippen LogP contribution < -0.4 is 16.0 Å². The van der Waals surface area contributed by atoms with Crippen molar-refractivity contribution in [3.63, 3.8) is 0 Å². The number of aromatic nitrogens is 1. The van der Waals surface area contributed by atoms with Crippen LogP contribution in [0.25, 0.3) is 10.9 Å². The number of fused-ring (bicyclic) bond motifs is 1. The molecule has 4 aromatic rings. The first-order valence-corrected chi connectivity index (χ1v) is 13.7. The van der Waals surface area contributed by atoms with Gasteiger partial charge in [0, 0.05) is 40.6 Å². The Kier molecular flexibility index (Phi) is 8.77. The molecule has 0 aliphatic heterocycles. The monoisotopic (exact) mass is 608 g/mol. The largest absolute Gasteiger partial charge is 0.352 e. The molecule has 3 aromatic carbocycles. The van der Waals surface area contributed by atoms with Crippen molar-refractivity contribution in [3.05, 3.63) is 98.6 Å². The Hall–Kier alpha value is -3.62. The van der Waals surface area contributed by atoms with Crippen LogP contribution in [0.2, 0.25) is 5.02 Å². The summed E-state index contributed by atoms with van der Waals surface area (Å²) in [6.45, 7) is 5.88. The van der Waals surface area contributed by atoms with E-state index in [1.165, 1.54) is 0 Å². The SMILES string of the molecule is CC(C)C(=O)NCc1ccc(Cl)c(C(=O)Nc2ccc3c(c2)cc(C(=O)NC(C)c2ccc(Br)cc2)n3C)c1. The molecule has 1 heterocycles. The zero-order valence-electron chi connectivity index (χ0n) is 22.1. The summed E-state index contributed by atoms with van der Waals surface area (Å²) in [5, 5.41) is 9.91. The highest BCUT2D eigenvalue weighted by molar-refractivity contribution is 9.10.